The number of hydrogen-bond donors (Lipinski definition) is 1. The van der Waals surface area contributed by atoms with Crippen LogP contribution in [0.4, 0.5) is 4.39 Å². The highest BCUT2D eigenvalue weighted by Gasteiger charge is 1.81. The summed E-state index contributed by atoms with van der Waals surface area (Å²) < 4.78 is 11.6. The molecule has 0 rings (SSSR count). The Morgan fingerprint density at radius 1 is 1.50 bits per heavy atom. The molecule has 0 heterocycles. The normalized spacial score (nSPS) is 13.8. The molecule has 36 valence electrons. The van der Waals surface area contributed by atoms with Gasteiger partial charge in [0.1, 0.15) is 5.83 Å². The lowest BCUT2D eigenvalue weighted by atomic mass is 10.5. The summed E-state index contributed by atoms with van der Waals surface area (Å²) in [5.74, 6) is -0.296. The zero-order valence-corrected chi connectivity index (χ0v) is 3.96. The van der Waals surface area contributed by atoms with E-state index in [-0.39, 0.29) is 11.5 Å². The summed E-state index contributed by atoms with van der Waals surface area (Å²) in [5.41, 5.74) is 5.20. The topological polar surface area (TPSA) is 26.0 Å². The minimum Gasteiger partial charge on any atom is -0.400 e. The Kier molecular flexibility index (Phi) is 1.64. The van der Waals surface area contributed by atoms with Gasteiger partial charge in [-0.05, 0) is 13.8 Å². The summed E-state index contributed by atoms with van der Waals surface area (Å²) in [7, 11) is 0. The predicted octanol–water partition coefficient (Wildman–Crippen LogP) is 1.17. The van der Waals surface area contributed by atoms with E-state index in [0.29, 0.717) is 0 Å². The molecule has 0 aliphatic carbocycles. The van der Waals surface area contributed by atoms with Crippen LogP contribution in [0.2, 0.25) is 0 Å². The number of nitrogens with two attached hydrogens (primary N) is 1. The molecule has 0 amide bonds. The minimum absolute atomic E-state index is 0.259. The van der Waals surface area contributed by atoms with E-state index in [2.05, 4.69) is 0 Å². The van der Waals surface area contributed by atoms with Gasteiger partial charge >= 0.3 is 0 Å². The highest BCUT2D eigenvalue weighted by molar-refractivity contribution is 4.95. The molecule has 0 aromatic heterocycles. The summed E-state index contributed by atoms with van der Waals surface area (Å²) in [6.45, 7) is 2.85. The van der Waals surface area contributed by atoms with Crippen LogP contribution in [0, 0.1) is 0 Å². The zero-order valence-electron chi connectivity index (χ0n) is 3.96. The Hall–Kier alpha value is -0.530. The maximum atomic E-state index is 11.6. The Morgan fingerprint density at radius 2 is 1.67 bits per heavy atom. The third-order valence-electron chi connectivity index (χ3n) is 0.543. The van der Waals surface area contributed by atoms with Crippen LogP contribution in [0.1, 0.15) is 13.8 Å². The lowest BCUT2D eigenvalue weighted by Crippen LogP contribution is -1.90. The average Bonchev–Trinajstić information content (AvgIpc) is 1.36. The van der Waals surface area contributed by atoms with Crippen LogP contribution in [0.25, 0.3) is 0 Å². The summed E-state index contributed by atoms with van der Waals surface area (Å²) in [5, 5.41) is 0. The SMILES string of the molecule is CC(N)=C(C)F. The molecule has 0 atom stereocenters. The van der Waals surface area contributed by atoms with Gasteiger partial charge in [0.2, 0.25) is 0 Å². The molecule has 0 aromatic rings. The molecule has 0 radical (unpaired) electrons. The predicted molar refractivity (Wildman–Crippen MR) is 23.7 cm³/mol. The van der Waals surface area contributed by atoms with Crippen molar-refractivity contribution in [3.8, 4) is 0 Å². The minimum atomic E-state index is -0.296. The first-order chi connectivity index (χ1) is 2.64. The van der Waals surface area contributed by atoms with Crippen LogP contribution in [0.15, 0.2) is 11.5 Å². The van der Waals surface area contributed by atoms with Gasteiger partial charge in [0.15, 0.2) is 0 Å². The van der Waals surface area contributed by atoms with E-state index in [0.717, 1.165) is 0 Å². The van der Waals surface area contributed by atoms with Crippen molar-refractivity contribution in [1.82, 2.24) is 0 Å². The van der Waals surface area contributed by atoms with E-state index in [1.54, 1.807) is 0 Å². The van der Waals surface area contributed by atoms with E-state index < -0.39 is 0 Å². The first-order valence-corrected chi connectivity index (χ1v) is 1.73. The van der Waals surface area contributed by atoms with Crippen molar-refractivity contribution in [2.75, 3.05) is 0 Å². The molecule has 0 aliphatic rings. The molecule has 0 spiro atoms. The molecule has 0 bridgehead atoms. The number of rotatable bonds is 0. The second kappa shape index (κ2) is 1.80. The quantitative estimate of drug-likeness (QED) is 0.473. The lowest BCUT2D eigenvalue weighted by Gasteiger charge is -1.84. The maximum absolute atomic E-state index is 11.6. The second-order valence-electron chi connectivity index (χ2n) is 1.22. The highest BCUT2D eigenvalue weighted by atomic mass is 19.1. The fourth-order valence-corrected chi connectivity index (χ4v) is 0. The van der Waals surface area contributed by atoms with Crippen molar-refractivity contribution in [1.29, 1.82) is 0 Å². The summed E-state index contributed by atoms with van der Waals surface area (Å²) >= 11 is 0. The molecule has 0 unspecified atom stereocenters. The van der Waals surface area contributed by atoms with Crippen LogP contribution in [-0.2, 0) is 0 Å². The van der Waals surface area contributed by atoms with Crippen LogP contribution in [-0.4, -0.2) is 0 Å². The van der Waals surface area contributed by atoms with Gasteiger partial charge < -0.3 is 5.73 Å². The second-order valence-corrected chi connectivity index (χ2v) is 1.22. The Bertz CT molecular complexity index is 57.6. The van der Waals surface area contributed by atoms with Crippen molar-refractivity contribution in [3.63, 3.8) is 0 Å². The third kappa shape index (κ3) is 1.76. The van der Waals surface area contributed by atoms with E-state index in [9.17, 15) is 4.39 Å². The van der Waals surface area contributed by atoms with Crippen molar-refractivity contribution in [2.45, 2.75) is 13.8 Å². The van der Waals surface area contributed by atoms with Gasteiger partial charge in [0.25, 0.3) is 0 Å². The molecular formula is C4H8FN. The molecule has 0 saturated carbocycles. The third-order valence-corrected chi connectivity index (χ3v) is 0.543. The van der Waals surface area contributed by atoms with E-state index in [1.807, 2.05) is 0 Å². The molecule has 0 saturated heterocycles. The highest BCUT2D eigenvalue weighted by Crippen LogP contribution is 1.94. The smallest absolute Gasteiger partial charge is 0.115 e. The van der Waals surface area contributed by atoms with Crippen LogP contribution in [0.3, 0.4) is 0 Å². The van der Waals surface area contributed by atoms with Gasteiger partial charge in [-0.25, -0.2) is 4.39 Å². The number of hydrogen-bond acceptors (Lipinski definition) is 1. The Labute approximate surface area is 36.6 Å². The molecule has 1 nitrogen and oxygen atoms in total. The number of allylic oxidation sites excluding steroid dienone is 2. The molecular weight excluding hydrogens is 81.0 g/mol. The van der Waals surface area contributed by atoms with Gasteiger partial charge in [0, 0.05) is 5.70 Å². The molecule has 0 fully saturated rings. The lowest BCUT2D eigenvalue weighted by molar-refractivity contribution is 0.625. The summed E-state index contributed by atoms with van der Waals surface area (Å²) in [6, 6.07) is 0. The standard InChI is InChI=1S/C4H8FN/c1-3(5)4(2)6/h6H2,1-2H3. The monoisotopic (exact) mass is 89.1 g/mol. The van der Waals surface area contributed by atoms with E-state index >= 15 is 0 Å². The maximum Gasteiger partial charge on any atom is 0.115 e. The van der Waals surface area contributed by atoms with Crippen LogP contribution < -0.4 is 5.73 Å². The largest absolute Gasteiger partial charge is 0.400 e. The van der Waals surface area contributed by atoms with E-state index in [1.165, 1.54) is 13.8 Å². The zero-order chi connectivity index (χ0) is 5.15. The fraction of sp³-hybridized carbons (Fsp3) is 0.500. The fourth-order valence-electron chi connectivity index (χ4n) is 0. The molecule has 0 aliphatic heterocycles. The van der Waals surface area contributed by atoms with Crippen molar-refractivity contribution in [2.24, 2.45) is 5.73 Å². The summed E-state index contributed by atoms with van der Waals surface area (Å²) in [4.78, 5) is 0. The first-order valence-electron chi connectivity index (χ1n) is 1.73. The Morgan fingerprint density at radius 3 is 1.67 bits per heavy atom. The summed E-state index contributed by atoms with van der Waals surface area (Å²) in [6.07, 6.45) is 0. The van der Waals surface area contributed by atoms with Crippen LogP contribution in [0.5, 0.6) is 0 Å². The molecule has 2 N–H and O–H groups in total. The van der Waals surface area contributed by atoms with Gasteiger partial charge in [-0.2, -0.15) is 0 Å². The van der Waals surface area contributed by atoms with Gasteiger partial charge in [-0.1, -0.05) is 0 Å². The van der Waals surface area contributed by atoms with E-state index in [4.69, 9.17) is 5.73 Å². The van der Waals surface area contributed by atoms with Crippen molar-refractivity contribution < 1.29 is 4.39 Å². The average molecular weight is 89.1 g/mol. The number of halogens is 1. The van der Waals surface area contributed by atoms with Crippen LogP contribution >= 0.6 is 0 Å². The van der Waals surface area contributed by atoms with Crippen molar-refractivity contribution >= 4 is 0 Å². The van der Waals surface area contributed by atoms with Gasteiger partial charge in [0.05, 0.1) is 0 Å². The Balaban J connectivity index is 3.68. The molecule has 2 heteroatoms. The molecule has 0 aromatic carbocycles. The first kappa shape index (κ1) is 5.47. The van der Waals surface area contributed by atoms with Gasteiger partial charge in [-0.15, -0.1) is 0 Å². The van der Waals surface area contributed by atoms with Gasteiger partial charge in [-0.3, -0.25) is 0 Å². The van der Waals surface area contributed by atoms with Crippen molar-refractivity contribution in [3.05, 3.63) is 11.5 Å². The molecule has 6 heavy (non-hydrogen) atoms.